The molecule has 2 aliphatic carbocycles. The number of hydrogen-bond donors (Lipinski definition) is 1. The van der Waals surface area contributed by atoms with E-state index in [1.807, 2.05) is 0 Å². The SMILES string of the molecule is COC(=O)c1ccc(NC(=O)C2CC3CC3C2)cc1. The molecule has 1 N–H and O–H groups in total. The molecule has 100 valence electrons. The number of anilines is 1. The van der Waals surface area contributed by atoms with Gasteiger partial charge in [0.15, 0.2) is 0 Å². The summed E-state index contributed by atoms with van der Waals surface area (Å²) >= 11 is 0. The van der Waals surface area contributed by atoms with Crippen LogP contribution in [0.5, 0.6) is 0 Å². The average Bonchev–Trinajstić information content (AvgIpc) is 3.05. The maximum absolute atomic E-state index is 12.1. The number of fused-ring (bicyclic) bond motifs is 1. The van der Waals surface area contributed by atoms with Crippen LogP contribution in [0.25, 0.3) is 0 Å². The molecule has 2 atom stereocenters. The third-order valence-electron chi connectivity index (χ3n) is 4.19. The molecule has 0 aromatic heterocycles. The fourth-order valence-electron chi connectivity index (χ4n) is 2.98. The van der Waals surface area contributed by atoms with Crippen molar-refractivity contribution >= 4 is 17.6 Å². The number of carbonyl (C=O) groups excluding carboxylic acids is 2. The number of methoxy groups -OCH3 is 1. The topological polar surface area (TPSA) is 55.4 Å². The Morgan fingerprint density at radius 3 is 2.32 bits per heavy atom. The third kappa shape index (κ3) is 2.48. The first-order chi connectivity index (χ1) is 9.17. The summed E-state index contributed by atoms with van der Waals surface area (Å²) in [6.45, 7) is 0. The molecule has 4 heteroatoms. The predicted octanol–water partition coefficient (Wildman–Crippen LogP) is 2.46. The maximum atomic E-state index is 12.1. The Morgan fingerprint density at radius 2 is 1.74 bits per heavy atom. The summed E-state index contributed by atoms with van der Waals surface area (Å²) in [5.74, 6) is 1.52. The molecule has 3 rings (SSSR count). The molecule has 1 aromatic carbocycles. The third-order valence-corrected chi connectivity index (χ3v) is 4.19. The minimum absolute atomic E-state index is 0.109. The summed E-state index contributed by atoms with van der Waals surface area (Å²) in [7, 11) is 1.35. The van der Waals surface area contributed by atoms with Crippen LogP contribution in [-0.2, 0) is 9.53 Å². The van der Waals surface area contributed by atoms with Gasteiger partial charge in [0.1, 0.15) is 0 Å². The molecule has 2 aliphatic rings. The van der Waals surface area contributed by atoms with Gasteiger partial charge in [0.2, 0.25) is 5.91 Å². The normalized spacial score (nSPS) is 27.5. The van der Waals surface area contributed by atoms with Gasteiger partial charge < -0.3 is 10.1 Å². The largest absolute Gasteiger partial charge is 0.465 e. The number of carbonyl (C=O) groups is 2. The van der Waals surface area contributed by atoms with E-state index in [1.165, 1.54) is 13.5 Å². The molecule has 2 saturated carbocycles. The lowest BCUT2D eigenvalue weighted by Gasteiger charge is -2.12. The van der Waals surface area contributed by atoms with E-state index in [9.17, 15) is 9.59 Å². The van der Waals surface area contributed by atoms with Gasteiger partial charge in [-0.25, -0.2) is 4.79 Å². The molecule has 1 aromatic rings. The second-order valence-electron chi connectivity index (χ2n) is 5.48. The molecule has 0 radical (unpaired) electrons. The van der Waals surface area contributed by atoms with Gasteiger partial charge in [0.25, 0.3) is 0 Å². The van der Waals surface area contributed by atoms with Gasteiger partial charge >= 0.3 is 5.97 Å². The fraction of sp³-hybridized carbons (Fsp3) is 0.467. The van der Waals surface area contributed by atoms with Gasteiger partial charge in [0.05, 0.1) is 12.7 Å². The molecule has 0 spiro atoms. The Labute approximate surface area is 112 Å². The number of benzene rings is 1. The highest BCUT2D eigenvalue weighted by Gasteiger charge is 2.47. The minimum atomic E-state index is -0.367. The molecule has 0 heterocycles. The van der Waals surface area contributed by atoms with Crippen LogP contribution in [0.1, 0.15) is 29.6 Å². The van der Waals surface area contributed by atoms with Crippen LogP contribution in [-0.4, -0.2) is 19.0 Å². The summed E-state index contributed by atoms with van der Waals surface area (Å²) in [5.41, 5.74) is 1.22. The average molecular weight is 259 g/mol. The number of hydrogen-bond acceptors (Lipinski definition) is 3. The van der Waals surface area contributed by atoms with Gasteiger partial charge in [-0.15, -0.1) is 0 Å². The summed E-state index contributed by atoms with van der Waals surface area (Å²) in [6.07, 6.45) is 3.39. The number of amides is 1. The highest BCUT2D eigenvalue weighted by Crippen LogP contribution is 2.54. The van der Waals surface area contributed by atoms with Gasteiger partial charge in [-0.05, 0) is 55.4 Å². The lowest BCUT2D eigenvalue weighted by Crippen LogP contribution is -2.21. The number of ether oxygens (including phenoxy) is 1. The predicted molar refractivity (Wildman–Crippen MR) is 70.7 cm³/mol. The standard InChI is InChI=1S/C15H17NO3/c1-19-15(18)9-2-4-13(5-3-9)16-14(17)12-7-10-6-11(10)8-12/h2-5,10-12H,6-8H2,1H3,(H,16,17). The van der Waals surface area contributed by atoms with Crippen molar-refractivity contribution in [2.45, 2.75) is 19.3 Å². The Kier molecular flexibility index (Phi) is 3.01. The minimum Gasteiger partial charge on any atom is -0.465 e. The van der Waals surface area contributed by atoms with Crippen molar-refractivity contribution in [1.82, 2.24) is 0 Å². The van der Waals surface area contributed by atoms with Crippen LogP contribution in [0.4, 0.5) is 5.69 Å². The smallest absolute Gasteiger partial charge is 0.337 e. The summed E-state index contributed by atoms with van der Waals surface area (Å²) in [4.78, 5) is 23.3. The van der Waals surface area contributed by atoms with Crippen LogP contribution in [0.15, 0.2) is 24.3 Å². The van der Waals surface area contributed by atoms with Gasteiger partial charge in [-0.2, -0.15) is 0 Å². The van der Waals surface area contributed by atoms with Crippen LogP contribution in [0, 0.1) is 17.8 Å². The van der Waals surface area contributed by atoms with Gasteiger partial charge in [0, 0.05) is 11.6 Å². The summed E-state index contributed by atoms with van der Waals surface area (Å²) in [6, 6.07) is 6.79. The molecule has 1 amide bonds. The monoisotopic (exact) mass is 259 g/mol. The lowest BCUT2D eigenvalue weighted by molar-refractivity contribution is -0.120. The van der Waals surface area contributed by atoms with E-state index in [0.717, 1.165) is 30.4 Å². The molecule has 4 nitrogen and oxygen atoms in total. The van der Waals surface area contributed by atoms with Crippen molar-refractivity contribution in [3.63, 3.8) is 0 Å². The molecule has 0 bridgehead atoms. The maximum Gasteiger partial charge on any atom is 0.337 e. The Hall–Kier alpha value is -1.84. The van der Waals surface area contributed by atoms with Crippen molar-refractivity contribution in [2.24, 2.45) is 17.8 Å². The zero-order valence-corrected chi connectivity index (χ0v) is 10.9. The molecular weight excluding hydrogens is 242 g/mol. The van der Waals surface area contributed by atoms with E-state index in [-0.39, 0.29) is 17.8 Å². The van der Waals surface area contributed by atoms with E-state index >= 15 is 0 Å². The number of nitrogens with one attached hydrogen (secondary N) is 1. The zero-order valence-electron chi connectivity index (χ0n) is 10.9. The van der Waals surface area contributed by atoms with Crippen LogP contribution >= 0.6 is 0 Å². The van der Waals surface area contributed by atoms with Crippen molar-refractivity contribution in [1.29, 1.82) is 0 Å². The molecule has 2 unspecified atom stereocenters. The quantitative estimate of drug-likeness (QED) is 0.848. The lowest BCUT2D eigenvalue weighted by atomic mass is 10.0. The Bertz CT molecular complexity index is 499. The second-order valence-corrected chi connectivity index (χ2v) is 5.48. The molecule has 2 fully saturated rings. The van der Waals surface area contributed by atoms with Crippen LogP contribution < -0.4 is 5.32 Å². The molecular formula is C15H17NO3. The van der Waals surface area contributed by atoms with Gasteiger partial charge in [-0.3, -0.25) is 4.79 Å². The van der Waals surface area contributed by atoms with E-state index < -0.39 is 0 Å². The molecule has 19 heavy (non-hydrogen) atoms. The van der Waals surface area contributed by atoms with Gasteiger partial charge in [-0.1, -0.05) is 0 Å². The van der Waals surface area contributed by atoms with Crippen molar-refractivity contribution < 1.29 is 14.3 Å². The van der Waals surface area contributed by atoms with Crippen molar-refractivity contribution in [3.8, 4) is 0 Å². The van der Waals surface area contributed by atoms with Crippen molar-refractivity contribution in [2.75, 3.05) is 12.4 Å². The number of rotatable bonds is 3. The summed E-state index contributed by atoms with van der Waals surface area (Å²) < 4.78 is 4.63. The van der Waals surface area contributed by atoms with E-state index in [4.69, 9.17) is 0 Å². The zero-order chi connectivity index (χ0) is 13.4. The highest BCUT2D eigenvalue weighted by atomic mass is 16.5. The highest BCUT2D eigenvalue weighted by molar-refractivity contribution is 5.94. The fourth-order valence-corrected chi connectivity index (χ4v) is 2.98. The first-order valence-electron chi connectivity index (χ1n) is 6.66. The van der Waals surface area contributed by atoms with Crippen LogP contribution in [0.3, 0.4) is 0 Å². The number of esters is 1. The Balaban J connectivity index is 1.60. The second kappa shape index (κ2) is 4.68. The first kappa shape index (κ1) is 12.2. The first-order valence-corrected chi connectivity index (χ1v) is 6.66. The molecule has 0 saturated heterocycles. The summed E-state index contributed by atoms with van der Waals surface area (Å²) in [5, 5.41) is 2.92. The van der Waals surface area contributed by atoms with Crippen molar-refractivity contribution in [3.05, 3.63) is 29.8 Å². The van der Waals surface area contributed by atoms with E-state index in [0.29, 0.717) is 5.56 Å². The van der Waals surface area contributed by atoms with E-state index in [2.05, 4.69) is 10.1 Å². The Morgan fingerprint density at radius 1 is 1.11 bits per heavy atom. The van der Waals surface area contributed by atoms with E-state index in [1.54, 1.807) is 24.3 Å². The van der Waals surface area contributed by atoms with Crippen LogP contribution in [0.2, 0.25) is 0 Å². The molecule has 0 aliphatic heterocycles.